The maximum atomic E-state index is 11.3. The van der Waals surface area contributed by atoms with E-state index in [4.69, 9.17) is 0 Å². The Kier molecular flexibility index (Phi) is 1.73. The molecule has 0 spiro atoms. The zero-order valence-electron chi connectivity index (χ0n) is 6.24. The van der Waals surface area contributed by atoms with Crippen LogP contribution in [0.15, 0.2) is 29.2 Å². The van der Waals surface area contributed by atoms with Gasteiger partial charge in [0.2, 0.25) is 5.12 Å². The molecule has 60 valence electrons. The highest BCUT2D eigenvalue weighted by Crippen LogP contribution is 2.30. The molecule has 1 aliphatic heterocycles. The number of hydrogen-bond donors (Lipinski definition) is 0. The lowest BCUT2D eigenvalue weighted by Gasteiger charge is -2.11. The maximum absolute atomic E-state index is 11.3. The zero-order chi connectivity index (χ0) is 8.55. The Morgan fingerprint density at radius 1 is 1.17 bits per heavy atom. The highest BCUT2D eigenvalue weighted by Gasteiger charge is 2.22. The molecule has 1 aliphatic rings. The number of ketones is 1. The molecule has 0 amide bonds. The quantitative estimate of drug-likeness (QED) is 0.569. The van der Waals surface area contributed by atoms with E-state index in [0.29, 0.717) is 5.56 Å². The van der Waals surface area contributed by atoms with Crippen LogP contribution in [0.4, 0.5) is 0 Å². The summed E-state index contributed by atoms with van der Waals surface area (Å²) >= 11 is 1.16. The van der Waals surface area contributed by atoms with Crippen molar-refractivity contribution in [2.75, 3.05) is 0 Å². The van der Waals surface area contributed by atoms with Crippen molar-refractivity contribution in [2.45, 2.75) is 11.3 Å². The SMILES string of the molecule is O=C1CC(=O)c2ccccc2S1. The minimum atomic E-state index is -0.0608. The molecule has 1 aromatic rings. The fourth-order valence-corrected chi connectivity index (χ4v) is 2.06. The van der Waals surface area contributed by atoms with E-state index >= 15 is 0 Å². The highest BCUT2D eigenvalue weighted by molar-refractivity contribution is 8.13. The van der Waals surface area contributed by atoms with Crippen LogP contribution in [0.3, 0.4) is 0 Å². The van der Waals surface area contributed by atoms with Crippen LogP contribution < -0.4 is 0 Å². The maximum Gasteiger partial charge on any atom is 0.201 e. The standard InChI is InChI=1S/C9H6O2S/c10-7-5-9(11)12-8-4-2-1-3-6(7)8/h1-4H,5H2. The highest BCUT2D eigenvalue weighted by atomic mass is 32.2. The second-order valence-electron chi connectivity index (χ2n) is 2.57. The van der Waals surface area contributed by atoms with Crippen molar-refractivity contribution in [3.05, 3.63) is 29.8 Å². The van der Waals surface area contributed by atoms with E-state index in [-0.39, 0.29) is 17.3 Å². The summed E-state index contributed by atoms with van der Waals surface area (Å²) in [5.74, 6) is -0.0608. The van der Waals surface area contributed by atoms with E-state index in [9.17, 15) is 9.59 Å². The fourth-order valence-electron chi connectivity index (χ4n) is 1.17. The molecule has 0 fully saturated rings. The van der Waals surface area contributed by atoms with Gasteiger partial charge in [-0.2, -0.15) is 0 Å². The van der Waals surface area contributed by atoms with E-state index < -0.39 is 0 Å². The van der Waals surface area contributed by atoms with Crippen LogP contribution in [0.1, 0.15) is 16.8 Å². The molecular weight excluding hydrogens is 172 g/mol. The van der Waals surface area contributed by atoms with Crippen molar-refractivity contribution in [1.29, 1.82) is 0 Å². The minimum Gasteiger partial charge on any atom is -0.294 e. The summed E-state index contributed by atoms with van der Waals surface area (Å²) in [6.45, 7) is 0. The molecule has 2 rings (SSSR count). The monoisotopic (exact) mass is 178 g/mol. The Morgan fingerprint density at radius 3 is 2.75 bits per heavy atom. The van der Waals surface area contributed by atoms with Crippen molar-refractivity contribution >= 4 is 22.7 Å². The number of thioether (sulfide) groups is 1. The summed E-state index contributed by atoms with van der Waals surface area (Å²) in [4.78, 5) is 23.0. The summed E-state index contributed by atoms with van der Waals surface area (Å²) in [6.07, 6.45) is 0.0433. The van der Waals surface area contributed by atoms with E-state index in [1.54, 1.807) is 12.1 Å². The predicted octanol–water partition coefficient (Wildman–Crippen LogP) is 1.89. The van der Waals surface area contributed by atoms with Crippen LogP contribution in [0.2, 0.25) is 0 Å². The first-order valence-electron chi connectivity index (χ1n) is 3.60. The molecule has 1 heterocycles. The number of rotatable bonds is 0. The summed E-state index contributed by atoms with van der Waals surface area (Å²) in [5, 5.41) is -0.0568. The van der Waals surface area contributed by atoms with Crippen LogP contribution in [0.25, 0.3) is 0 Å². The molecule has 0 atom stereocenters. The van der Waals surface area contributed by atoms with Crippen molar-refractivity contribution in [1.82, 2.24) is 0 Å². The van der Waals surface area contributed by atoms with Crippen LogP contribution in [0.5, 0.6) is 0 Å². The van der Waals surface area contributed by atoms with Gasteiger partial charge in [-0.05, 0) is 6.07 Å². The average molecular weight is 178 g/mol. The molecule has 2 nitrogen and oxygen atoms in total. The van der Waals surface area contributed by atoms with E-state index in [0.717, 1.165) is 16.7 Å². The Balaban J connectivity index is 2.54. The molecule has 0 saturated carbocycles. The molecule has 0 radical (unpaired) electrons. The fraction of sp³-hybridized carbons (Fsp3) is 0.111. The lowest BCUT2D eigenvalue weighted by atomic mass is 10.1. The molecule has 0 N–H and O–H groups in total. The summed E-state index contributed by atoms with van der Waals surface area (Å²) in [5.41, 5.74) is 0.683. The second kappa shape index (κ2) is 2.75. The Labute approximate surface area is 74.0 Å². The van der Waals surface area contributed by atoms with Gasteiger partial charge < -0.3 is 0 Å². The summed E-state index contributed by atoms with van der Waals surface area (Å²) in [6, 6.07) is 7.21. The Hall–Kier alpha value is -1.09. The first-order chi connectivity index (χ1) is 5.77. The van der Waals surface area contributed by atoms with Crippen LogP contribution in [0, 0.1) is 0 Å². The van der Waals surface area contributed by atoms with Crippen molar-refractivity contribution in [3.8, 4) is 0 Å². The average Bonchev–Trinajstić information content (AvgIpc) is 2.04. The second-order valence-corrected chi connectivity index (χ2v) is 3.67. The molecular formula is C9H6O2S. The molecule has 0 saturated heterocycles. The van der Waals surface area contributed by atoms with Crippen LogP contribution >= 0.6 is 11.8 Å². The third kappa shape index (κ3) is 1.16. The molecule has 0 bridgehead atoms. The Bertz CT molecular complexity index is 357. The molecule has 1 aromatic carbocycles. The van der Waals surface area contributed by atoms with Crippen molar-refractivity contribution in [2.24, 2.45) is 0 Å². The molecule has 0 aliphatic carbocycles. The third-order valence-electron chi connectivity index (χ3n) is 1.72. The summed E-state index contributed by atoms with van der Waals surface area (Å²) < 4.78 is 0. The van der Waals surface area contributed by atoms with Gasteiger partial charge in [-0.15, -0.1) is 0 Å². The minimum absolute atomic E-state index is 0.0433. The van der Waals surface area contributed by atoms with Gasteiger partial charge in [-0.1, -0.05) is 30.0 Å². The van der Waals surface area contributed by atoms with E-state index in [1.807, 2.05) is 12.1 Å². The van der Waals surface area contributed by atoms with Crippen molar-refractivity contribution in [3.63, 3.8) is 0 Å². The summed E-state index contributed by atoms with van der Waals surface area (Å²) in [7, 11) is 0. The number of fused-ring (bicyclic) bond motifs is 1. The van der Waals surface area contributed by atoms with Crippen LogP contribution in [-0.2, 0) is 4.79 Å². The Morgan fingerprint density at radius 2 is 1.92 bits per heavy atom. The number of carbonyl (C=O) groups is 2. The van der Waals surface area contributed by atoms with Crippen LogP contribution in [-0.4, -0.2) is 10.9 Å². The zero-order valence-corrected chi connectivity index (χ0v) is 7.06. The van der Waals surface area contributed by atoms with E-state index in [2.05, 4.69) is 0 Å². The van der Waals surface area contributed by atoms with Gasteiger partial charge >= 0.3 is 0 Å². The van der Waals surface area contributed by atoms with Gasteiger partial charge in [0.15, 0.2) is 5.78 Å². The molecule has 0 unspecified atom stereocenters. The molecule has 3 heteroatoms. The molecule has 0 aromatic heterocycles. The van der Waals surface area contributed by atoms with Gasteiger partial charge in [0.05, 0.1) is 6.42 Å². The van der Waals surface area contributed by atoms with E-state index in [1.165, 1.54) is 0 Å². The van der Waals surface area contributed by atoms with Crippen molar-refractivity contribution < 1.29 is 9.59 Å². The lowest BCUT2D eigenvalue weighted by molar-refractivity contribution is -0.110. The van der Waals surface area contributed by atoms with Gasteiger partial charge in [0, 0.05) is 10.5 Å². The number of carbonyl (C=O) groups excluding carboxylic acids is 2. The van der Waals surface area contributed by atoms with Gasteiger partial charge in [0.25, 0.3) is 0 Å². The van der Waals surface area contributed by atoms with Gasteiger partial charge in [0.1, 0.15) is 0 Å². The first kappa shape index (κ1) is 7.55. The first-order valence-corrected chi connectivity index (χ1v) is 4.42. The van der Waals surface area contributed by atoms with Gasteiger partial charge in [-0.25, -0.2) is 0 Å². The number of benzene rings is 1. The number of hydrogen-bond acceptors (Lipinski definition) is 3. The number of Topliss-reactive ketones (excluding diaryl/α,β-unsaturated/α-hetero) is 1. The normalized spacial score (nSPS) is 16.0. The predicted molar refractivity (Wildman–Crippen MR) is 46.3 cm³/mol. The third-order valence-corrected chi connectivity index (χ3v) is 2.66. The largest absolute Gasteiger partial charge is 0.294 e. The smallest absolute Gasteiger partial charge is 0.201 e. The van der Waals surface area contributed by atoms with Gasteiger partial charge in [-0.3, -0.25) is 9.59 Å². The topological polar surface area (TPSA) is 34.1 Å². The molecule has 12 heavy (non-hydrogen) atoms. The lowest BCUT2D eigenvalue weighted by Crippen LogP contribution is -2.11.